The van der Waals surface area contributed by atoms with E-state index in [9.17, 15) is 4.79 Å². The van der Waals surface area contributed by atoms with Gasteiger partial charge in [0.2, 0.25) is 0 Å². The van der Waals surface area contributed by atoms with E-state index >= 15 is 0 Å². The largest absolute Gasteiger partial charge is 0.322 e. The minimum atomic E-state index is -0.0775. The summed E-state index contributed by atoms with van der Waals surface area (Å²) in [6, 6.07) is 16.3. The highest BCUT2D eigenvalue weighted by Crippen LogP contribution is 2.33. The van der Waals surface area contributed by atoms with Gasteiger partial charge in [0.05, 0.1) is 6.04 Å². The van der Waals surface area contributed by atoms with Crippen molar-refractivity contribution in [3.63, 3.8) is 0 Å². The molecule has 0 heterocycles. The Morgan fingerprint density at radius 1 is 0.840 bits per heavy atom. The molecule has 0 aromatic heterocycles. The Kier molecular flexibility index (Phi) is 6.24. The molecule has 1 N–H and O–H groups in total. The van der Waals surface area contributed by atoms with Crippen molar-refractivity contribution in [3.05, 3.63) is 65.2 Å². The van der Waals surface area contributed by atoms with Crippen molar-refractivity contribution >= 4 is 11.7 Å². The zero-order valence-corrected chi connectivity index (χ0v) is 16.2. The standard InChI is InChI=1S/C22H30N2O/c1-15(2)19-13-10-14-20(16(3)4)21(19)23-22(25)24(6)17(5)18-11-8-7-9-12-18/h7-17H,1-6H3,(H,23,25). The number of anilines is 1. The molecule has 3 heteroatoms. The van der Waals surface area contributed by atoms with Crippen molar-refractivity contribution in [3.8, 4) is 0 Å². The lowest BCUT2D eigenvalue weighted by molar-refractivity contribution is 0.208. The lowest BCUT2D eigenvalue weighted by Gasteiger charge is -2.28. The zero-order chi connectivity index (χ0) is 18.6. The monoisotopic (exact) mass is 338 g/mol. The third-order valence-electron chi connectivity index (χ3n) is 4.79. The highest BCUT2D eigenvalue weighted by Gasteiger charge is 2.21. The van der Waals surface area contributed by atoms with E-state index in [2.05, 4.69) is 63.3 Å². The topological polar surface area (TPSA) is 32.3 Å². The van der Waals surface area contributed by atoms with Gasteiger partial charge >= 0.3 is 6.03 Å². The van der Waals surface area contributed by atoms with Gasteiger partial charge in [0, 0.05) is 12.7 Å². The molecule has 0 fully saturated rings. The van der Waals surface area contributed by atoms with Crippen LogP contribution in [0.25, 0.3) is 0 Å². The average molecular weight is 338 g/mol. The number of nitrogens with zero attached hydrogens (tertiary/aromatic N) is 1. The summed E-state index contributed by atoms with van der Waals surface area (Å²) < 4.78 is 0. The van der Waals surface area contributed by atoms with E-state index in [1.807, 2.05) is 32.2 Å². The van der Waals surface area contributed by atoms with E-state index in [1.165, 1.54) is 11.1 Å². The van der Waals surface area contributed by atoms with Gasteiger partial charge in [-0.3, -0.25) is 0 Å². The zero-order valence-electron chi connectivity index (χ0n) is 16.2. The molecular weight excluding hydrogens is 308 g/mol. The average Bonchev–Trinajstić information content (AvgIpc) is 2.60. The van der Waals surface area contributed by atoms with E-state index < -0.39 is 0 Å². The Morgan fingerprint density at radius 3 is 1.84 bits per heavy atom. The molecule has 1 atom stereocenters. The number of para-hydroxylation sites is 1. The predicted molar refractivity (Wildman–Crippen MR) is 106 cm³/mol. The van der Waals surface area contributed by atoms with E-state index in [1.54, 1.807) is 4.90 Å². The summed E-state index contributed by atoms with van der Waals surface area (Å²) in [5.41, 5.74) is 4.45. The first-order valence-electron chi connectivity index (χ1n) is 9.04. The molecule has 0 aliphatic heterocycles. The number of urea groups is 1. The SMILES string of the molecule is CC(C)c1cccc(C(C)C)c1NC(=O)N(C)C(C)c1ccccc1. The van der Waals surface area contributed by atoms with Gasteiger partial charge in [-0.2, -0.15) is 0 Å². The number of nitrogens with one attached hydrogen (secondary N) is 1. The van der Waals surface area contributed by atoms with Crippen LogP contribution >= 0.6 is 0 Å². The lowest BCUT2D eigenvalue weighted by atomic mass is 9.92. The molecule has 2 amide bonds. The second-order valence-electron chi connectivity index (χ2n) is 7.25. The molecule has 2 aromatic carbocycles. The van der Waals surface area contributed by atoms with Gasteiger partial charge in [-0.1, -0.05) is 76.2 Å². The Hall–Kier alpha value is -2.29. The molecule has 134 valence electrons. The van der Waals surface area contributed by atoms with Crippen LogP contribution in [0.5, 0.6) is 0 Å². The van der Waals surface area contributed by atoms with E-state index in [4.69, 9.17) is 0 Å². The maximum Gasteiger partial charge on any atom is 0.322 e. The minimum Gasteiger partial charge on any atom is -0.321 e. The van der Waals surface area contributed by atoms with Crippen LogP contribution in [-0.2, 0) is 0 Å². The second-order valence-corrected chi connectivity index (χ2v) is 7.25. The van der Waals surface area contributed by atoms with E-state index in [0.29, 0.717) is 11.8 Å². The molecule has 0 aliphatic rings. The van der Waals surface area contributed by atoms with Crippen LogP contribution < -0.4 is 5.32 Å². The third kappa shape index (κ3) is 4.41. The number of hydrogen-bond donors (Lipinski definition) is 1. The highest BCUT2D eigenvalue weighted by atomic mass is 16.2. The van der Waals surface area contributed by atoms with Gasteiger partial charge in [0.1, 0.15) is 0 Å². The summed E-state index contributed by atoms with van der Waals surface area (Å²) in [6.07, 6.45) is 0. The number of amides is 2. The quantitative estimate of drug-likeness (QED) is 0.696. The van der Waals surface area contributed by atoms with Crippen LogP contribution in [0.4, 0.5) is 10.5 Å². The first-order chi connectivity index (χ1) is 11.8. The van der Waals surface area contributed by atoms with Gasteiger partial charge in [-0.05, 0) is 35.4 Å². The van der Waals surface area contributed by atoms with Crippen LogP contribution in [0.15, 0.2) is 48.5 Å². The van der Waals surface area contributed by atoms with Crippen molar-refractivity contribution in [2.75, 3.05) is 12.4 Å². The highest BCUT2D eigenvalue weighted by molar-refractivity contribution is 5.91. The molecule has 3 nitrogen and oxygen atoms in total. The number of carbonyl (C=O) groups excluding carboxylic acids is 1. The molecule has 2 aromatic rings. The van der Waals surface area contributed by atoms with Gasteiger partial charge in [-0.25, -0.2) is 4.79 Å². The van der Waals surface area contributed by atoms with Gasteiger partial charge in [0.25, 0.3) is 0 Å². The maximum atomic E-state index is 12.9. The molecule has 0 saturated heterocycles. The first-order valence-corrected chi connectivity index (χ1v) is 9.04. The number of carbonyl (C=O) groups is 1. The van der Waals surface area contributed by atoms with Gasteiger partial charge < -0.3 is 10.2 Å². The lowest BCUT2D eigenvalue weighted by Crippen LogP contribution is -2.34. The minimum absolute atomic E-state index is 0.00918. The molecular formula is C22H30N2O. The second kappa shape index (κ2) is 8.19. The summed E-state index contributed by atoms with van der Waals surface area (Å²) in [5, 5.41) is 3.18. The van der Waals surface area contributed by atoms with Crippen LogP contribution in [0.1, 0.15) is 69.2 Å². The summed E-state index contributed by atoms with van der Waals surface area (Å²) >= 11 is 0. The normalized spacial score (nSPS) is 12.3. The summed E-state index contributed by atoms with van der Waals surface area (Å²) in [4.78, 5) is 14.7. The molecule has 0 bridgehead atoms. The number of rotatable bonds is 5. The van der Waals surface area contributed by atoms with Crippen LogP contribution in [0.2, 0.25) is 0 Å². The van der Waals surface area contributed by atoms with Crippen molar-refractivity contribution in [2.45, 2.75) is 52.5 Å². The van der Waals surface area contributed by atoms with Crippen molar-refractivity contribution in [1.29, 1.82) is 0 Å². The van der Waals surface area contributed by atoms with Crippen LogP contribution in [-0.4, -0.2) is 18.0 Å². The van der Waals surface area contributed by atoms with Crippen molar-refractivity contribution in [1.82, 2.24) is 4.90 Å². The third-order valence-corrected chi connectivity index (χ3v) is 4.79. The summed E-state index contributed by atoms with van der Waals surface area (Å²) in [5.74, 6) is 0.705. The Morgan fingerprint density at radius 2 is 1.36 bits per heavy atom. The Bertz CT molecular complexity index is 681. The molecule has 25 heavy (non-hydrogen) atoms. The first kappa shape index (κ1) is 19.0. The molecule has 0 radical (unpaired) electrons. The van der Waals surface area contributed by atoms with Crippen molar-refractivity contribution in [2.24, 2.45) is 0 Å². The van der Waals surface area contributed by atoms with Crippen molar-refractivity contribution < 1.29 is 4.79 Å². The summed E-state index contributed by atoms with van der Waals surface area (Å²) in [6.45, 7) is 10.7. The smallest absolute Gasteiger partial charge is 0.321 e. The fourth-order valence-corrected chi connectivity index (χ4v) is 3.02. The van der Waals surface area contributed by atoms with Crippen LogP contribution in [0.3, 0.4) is 0 Å². The van der Waals surface area contributed by atoms with Gasteiger partial charge in [-0.15, -0.1) is 0 Å². The molecule has 2 rings (SSSR count). The van der Waals surface area contributed by atoms with E-state index in [-0.39, 0.29) is 12.1 Å². The number of hydrogen-bond acceptors (Lipinski definition) is 1. The maximum absolute atomic E-state index is 12.9. The molecule has 0 aliphatic carbocycles. The van der Waals surface area contributed by atoms with Gasteiger partial charge in [0.15, 0.2) is 0 Å². The summed E-state index contributed by atoms with van der Waals surface area (Å²) in [7, 11) is 1.85. The van der Waals surface area contributed by atoms with Crippen LogP contribution in [0, 0.1) is 0 Å². The number of benzene rings is 2. The Balaban J connectivity index is 2.28. The molecule has 0 spiro atoms. The van der Waals surface area contributed by atoms with E-state index in [0.717, 1.165) is 11.3 Å². The fraction of sp³-hybridized carbons (Fsp3) is 0.409. The fourth-order valence-electron chi connectivity index (χ4n) is 3.02. The molecule has 1 unspecified atom stereocenters. The predicted octanol–water partition coefficient (Wildman–Crippen LogP) is 6.16. The Labute approximate surface area is 152 Å². The molecule has 0 saturated carbocycles.